The molecule has 0 fully saturated rings. The second-order valence-electron chi connectivity index (χ2n) is 7.55. The van der Waals surface area contributed by atoms with Crippen LogP contribution in [0.3, 0.4) is 0 Å². The predicted molar refractivity (Wildman–Crippen MR) is 144 cm³/mol. The largest absolute Gasteiger partial charge is 0.465 e. The maximum atomic E-state index is 13.0. The zero-order valence-corrected chi connectivity index (χ0v) is 21.6. The van der Waals surface area contributed by atoms with E-state index in [9.17, 15) is 14.4 Å². The Labute approximate surface area is 214 Å². The highest BCUT2D eigenvalue weighted by molar-refractivity contribution is 7.80. The lowest BCUT2D eigenvalue weighted by Gasteiger charge is -2.18. The van der Waals surface area contributed by atoms with Crippen molar-refractivity contribution in [3.63, 3.8) is 0 Å². The molecule has 1 heterocycles. The van der Waals surface area contributed by atoms with E-state index in [2.05, 4.69) is 10.6 Å². The highest BCUT2D eigenvalue weighted by atomic mass is 32.1. The van der Waals surface area contributed by atoms with E-state index in [1.807, 2.05) is 19.9 Å². The van der Waals surface area contributed by atoms with Crippen LogP contribution in [0.25, 0.3) is 0 Å². The smallest absolute Gasteiger partial charge is 0.341 e. The molecule has 0 bridgehead atoms. The van der Waals surface area contributed by atoms with Crippen molar-refractivity contribution < 1.29 is 19.1 Å². The van der Waals surface area contributed by atoms with E-state index in [1.54, 1.807) is 60.4 Å². The number of carbonyl (C=O) groups is 3. The summed E-state index contributed by atoms with van der Waals surface area (Å²) in [5.41, 5.74) is 2.32. The van der Waals surface area contributed by atoms with Crippen LogP contribution < -0.4 is 10.6 Å². The van der Waals surface area contributed by atoms with Crippen molar-refractivity contribution in [3.05, 3.63) is 81.7 Å². The van der Waals surface area contributed by atoms with Gasteiger partial charge >= 0.3 is 5.97 Å². The van der Waals surface area contributed by atoms with Gasteiger partial charge in [0.25, 0.3) is 5.91 Å². The summed E-state index contributed by atoms with van der Waals surface area (Å²) in [6.07, 6.45) is 0. The molecule has 0 aliphatic rings. The second-order valence-corrected chi connectivity index (χ2v) is 8.98. The van der Waals surface area contributed by atoms with Crippen molar-refractivity contribution in [2.45, 2.75) is 20.8 Å². The number of amides is 1. The van der Waals surface area contributed by atoms with E-state index in [4.69, 9.17) is 17.0 Å². The van der Waals surface area contributed by atoms with E-state index in [0.29, 0.717) is 45.3 Å². The summed E-state index contributed by atoms with van der Waals surface area (Å²) in [5.74, 6) is -0.874. The minimum atomic E-state index is -0.567. The fourth-order valence-corrected chi connectivity index (χ4v) is 5.04. The average molecular weight is 510 g/mol. The van der Waals surface area contributed by atoms with Crippen molar-refractivity contribution in [3.8, 4) is 0 Å². The van der Waals surface area contributed by atoms with Gasteiger partial charge in [0.2, 0.25) is 0 Å². The third kappa shape index (κ3) is 5.75. The molecular formula is C26H27N3O4S2. The van der Waals surface area contributed by atoms with Crippen molar-refractivity contribution in [2.75, 3.05) is 30.8 Å². The van der Waals surface area contributed by atoms with Crippen molar-refractivity contribution in [1.29, 1.82) is 0 Å². The first-order valence-corrected chi connectivity index (χ1v) is 12.3. The van der Waals surface area contributed by atoms with Crippen LogP contribution >= 0.6 is 23.6 Å². The SMILES string of the molecule is CCN(CC)C(=O)c1sc(NC(=S)Nc2ccccc2C(=O)c2ccccc2)c(C(=O)OC)c1C. The number of hydrogen-bond donors (Lipinski definition) is 2. The first-order chi connectivity index (χ1) is 16.8. The van der Waals surface area contributed by atoms with Crippen LogP contribution in [0.1, 0.15) is 55.4 Å². The van der Waals surface area contributed by atoms with Gasteiger partial charge in [0.05, 0.1) is 23.2 Å². The summed E-state index contributed by atoms with van der Waals surface area (Å²) in [4.78, 5) is 40.7. The molecule has 0 aliphatic heterocycles. The Kier molecular flexibility index (Phi) is 8.73. The number of ketones is 1. The lowest BCUT2D eigenvalue weighted by molar-refractivity contribution is 0.0601. The number of thiophene rings is 1. The van der Waals surface area contributed by atoms with Gasteiger partial charge in [-0.2, -0.15) is 0 Å². The highest BCUT2D eigenvalue weighted by Gasteiger charge is 2.27. The number of ether oxygens (including phenoxy) is 1. The fourth-order valence-electron chi connectivity index (χ4n) is 3.60. The zero-order valence-electron chi connectivity index (χ0n) is 20.0. The van der Waals surface area contributed by atoms with Gasteiger partial charge in [-0.3, -0.25) is 9.59 Å². The molecule has 0 saturated heterocycles. The summed E-state index contributed by atoms with van der Waals surface area (Å²) in [6.45, 7) is 6.62. The van der Waals surface area contributed by atoms with Crippen LogP contribution in [-0.2, 0) is 4.74 Å². The third-order valence-corrected chi connectivity index (χ3v) is 6.86. The second kappa shape index (κ2) is 11.7. The van der Waals surface area contributed by atoms with Crippen molar-refractivity contribution in [2.24, 2.45) is 0 Å². The van der Waals surface area contributed by atoms with Gasteiger partial charge in [-0.05, 0) is 50.7 Å². The molecule has 0 unspecified atom stereocenters. The molecule has 35 heavy (non-hydrogen) atoms. The Balaban J connectivity index is 1.90. The van der Waals surface area contributed by atoms with Gasteiger partial charge in [-0.1, -0.05) is 42.5 Å². The maximum absolute atomic E-state index is 13.0. The van der Waals surface area contributed by atoms with E-state index in [0.717, 1.165) is 11.3 Å². The molecule has 0 aliphatic carbocycles. The molecule has 1 aromatic heterocycles. The van der Waals surface area contributed by atoms with Crippen LogP contribution in [0, 0.1) is 6.92 Å². The molecule has 3 rings (SSSR count). The normalized spacial score (nSPS) is 10.4. The molecule has 3 aromatic rings. The predicted octanol–water partition coefficient (Wildman–Crippen LogP) is 5.37. The molecule has 0 saturated carbocycles. The number of methoxy groups -OCH3 is 1. The lowest BCUT2D eigenvalue weighted by Crippen LogP contribution is -2.30. The zero-order chi connectivity index (χ0) is 25.5. The fraction of sp³-hybridized carbons (Fsp3) is 0.231. The number of thiocarbonyl (C=S) groups is 1. The lowest BCUT2D eigenvalue weighted by atomic mass is 10.0. The van der Waals surface area contributed by atoms with Gasteiger partial charge in [-0.15, -0.1) is 11.3 Å². The van der Waals surface area contributed by atoms with Crippen LogP contribution in [0.2, 0.25) is 0 Å². The number of anilines is 2. The number of rotatable bonds is 8. The van der Waals surface area contributed by atoms with E-state index in [-0.39, 0.29) is 22.4 Å². The number of hydrogen-bond acceptors (Lipinski definition) is 6. The monoisotopic (exact) mass is 509 g/mol. The van der Waals surface area contributed by atoms with Crippen LogP contribution in [-0.4, -0.2) is 47.9 Å². The topological polar surface area (TPSA) is 87.7 Å². The Morgan fingerprint density at radius 2 is 1.60 bits per heavy atom. The Morgan fingerprint density at radius 1 is 0.971 bits per heavy atom. The standard InChI is InChI=1S/C26H27N3O4S2/c1-5-29(6-2)24(31)22-16(3)20(25(32)33-4)23(35-22)28-26(34)27-19-15-11-10-14-18(19)21(30)17-12-8-7-9-13-17/h7-15H,5-6H2,1-4H3,(H2,27,28,34). The van der Waals surface area contributed by atoms with Crippen LogP contribution in [0.4, 0.5) is 10.7 Å². The van der Waals surface area contributed by atoms with Gasteiger partial charge in [0.15, 0.2) is 10.9 Å². The number of esters is 1. The Morgan fingerprint density at radius 3 is 2.23 bits per heavy atom. The number of benzene rings is 2. The van der Waals surface area contributed by atoms with Crippen molar-refractivity contribution in [1.82, 2.24) is 4.90 Å². The number of nitrogens with zero attached hydrogens (tertiary/aromatic N) is 1. The van der Waals surface area contributed by atoms with E-state index >= 15 is 0 Å². The number of para-hydroxylation sites is 1. The molecule has 1 amide bonds. The Bertz CT molecular complexity index is 1250. The quantitative estimate of drug-likeness (QED) is 0.240. The molecule has 9 heteroatoms. The molecule has 182 valence electrons. The number of nitrogens with one attached hydrogen (secondary N) is 2. The molecule has 0 radical (unpaired) electrons. The summed E-state index contributed by atoms with van der Waals surface area (Å²) >= 11 is 6.65. The summed E-state index contributed by atoms with van der Waals surface area (Å²) in [6, 6.07) is 16.0. The van der Waals surface area contributed by atoms with Crippen molar-refractivity contribution >= 4 is 57.0 Å². The minimum absolute atomic E-state index is 0.147. The summed E-state index contributed by atoms with van der Waals surface area (Å²) in [7, 11) is 1.29. The average Bonchev–Trinajstić information content (AvgIpc) is 3.19. The third-order valence-electron chi connectivity index (χ3n) is 5.46. The molecule has 2 aromatic carbocycles. The molecule has 7 nitrogen and oxygen atoms in total. The molecule has 2 N–H and O–H groups in total. The van der Waals surface area contributed by atoms with Gasteiger partial charge in [-0.25, -0.2) is 4.79 Å². The van der Waals surface area contributed by atoms with Crippen LogP contribution in [0.15, 0.2) is 54.6 Å². The van der Waals surface area contributed by atoms with Gasteiger partial charge in [0.1, 0.15) is 5.00 Å². The molecule has 0 atom stereocenters. The Hall–Kier alpha value is -3.56. The molecular weight excluding hydrogens is 482 g/mol. The first kappa shape index (κ1) is 26.1. The molecule has 0 spiro atoms. The van der Waals surface area contributed by atoms with E-state index in [1.165, 1.54) is 7.11 Å². The number of carbonyl (C=O) groups excluding carboxylic acids is 3. The summed E-state index contributed by atoms with van der Waals surface area (Å²) < 4.78 is 4.96. The van der Waals surface area contributed by atoms with Gasteiger partial charge in [0, 0.05) is 24.2 Å². The summed E-state index contributed by atoms with van der Waals surface area (Å²) in [5, 5.41) is 6.65. The first-order valence-electron chi connectivity index (χ1n) is 11.1. The maximum Gasteiger partial charge on any atom is 0.341 e. The van der Waals surface area contributed by atoms with Gasteiger partial charge < -0.3 is 20.3 Å². The van der Waals surface area contributed by atoms with Crippen LogP contribution in [0.5, 0.6) is 0 Å². The highest BCUT2D eigenvalue weighted by Crippen LogP contribution is 2.35. The minimum Gasteiger partial charge on any atom is -0.465 e. The van der Waals surface area contributed by atoms with E-state index < -0.39 is 5.97 Å².